The van der Waals surface area contributed by atoms with E-state index in [0.29, 0.717) is 42.4 Å². The number of anilines is 2. The van der Waals surface area contributed by atoms with Crippen LogP contribution in [0.25, 0.3) is 11.2 Å². The smallest absolute Gasteiger partial charge is 0.227 e. The molecule has 0 radical (unpaired) electrons. The molecule has 1 aliphatic heterocycles. The number of aromatic nitrogens is 4. The molecular weight excluding hydrogens is 370 g/mol. The molecule has 0 aromatic carbocycles. The van der Waals surface area contributed by atoms with E-state index in [1.807, 2.05) is 25.3 Å². The number of aliphatic hydroxyl groups excluding tert-OH is 1. The van der Waals surface area contributed by atoms with Gasteiger partial charge in [-0.2, -0.15) is 9.97 Å². The van der Waals surface area contributed by atoms with Crippen molar-refractivity contribution in [3.63, 3.8) is 0 Å². The van der Waals surface area contributed by atoms with Crippen LogP contribution in [0.15, 0.2) is 6.33 Å². The highest BCUT2D eigenvalue weighted by Crippen LogP contribution is 2.25. The van der Waals surface area contributed by atoms with Crippen LogP contribution >= 0.6 is 0 Å². The van der Waals surface area contributed by atoms with E-state index >= 15 is 0 Å². The Balaban J connectivity index is 1.93. The number of hydrogen-bond acceptors (Lipinski definition) is 8. The van der Waals surface area contributed by atoms with Crippen molar-refractivity contribution in [2.45, 2.75) is 51.7 Å². The third-order valence-electron chi connectivity index (χ3n) is 4.73. The summed E-state index contributed by atoms with van der Waals surface area (Å²) in [6.07, 6.45) is 3.16. The number of aliphatic hydroxyl groups is 1. The van der Waals surface area contributed by atoms with E-state index in [4.69, 9.17) is 0 Å². The minimum atomic E-state index is -2.21. The van der Waals surface area contributed by atoms with E-state index in [1.54, 1.807) is 6.33 Å². The van der Waals surface area contributed by atoms with Gasteiger partial charge in [-0.15, -0.1) is 0 Å². The summed E-state index contributed by atoms with van der Waals surface area (Å²) < 4.78 is 25.7. The van der Waals surface area contributed by atoms with Crippen molar-refractivity contribution in [1.82, 2.24) is 23.8 Å². The highest BCUT2D eigenvalue weighted by molar-refractivity contribution is 7.76. The Morgan fingerprint density at radius 3 is 2.81 bits per heavy atom. The van der Waals surface area contributed by atoms with Crippen LogP contribution in [0, 0.1) is 0 Å². The van der Waals surface area contributed by atoms with Crippen LogP contribution in [0.4, 0.5) is 11.8 Å². The molecule has 3 N–H and O–H groups in total. The van der Waals surface area contributed by atoms with Crippen LogP contribution in [0.3, 0.4) is 0 Å². The molecule has 10 nitrogen and oxygen atoms in total. The number of imidazole rings is 1. The molecule has 150 valence electrons. The summed E-state index contributed by atoms with van der Waals surface area (Å²) in [5.74, 6) is 0.980. The molecule has 1 saturated heterocycles. The van der Waals surface area contributed by atoms with Gasteiger partial charge >= 0.3 is 0 Å². The van der Waals surface area contributed by atoms with Crippen molar-refractivity contribution in [3.8, 4) is 0 Å². The second kappa shape index (κ2) is 8.46. The van der Waals surface area contributed by atoms with E-state index in [9.17, 15) is 13.9 Å². The number of nitrogens with zero attached hydrogens (tertiary/aromatic N) is 5. The molecule has 3 unspecified atom stereocenters. The molecule has 1 fully saturated rings. The fourth-order valence-corrected chi connectivity index (χ4v) is 3.65. The zero-order valence-corrected chi connectivity index (χ0v) is 16.6. The molecule has 11 heteroatoms. The van der Waals surface area contributed by atoms with Gasteiger partial charge in [-0.25, -0.2) is 9.29 Å². The van der Waals surface area contributed by atoms with E-state index in [0.717, 1.165) is 6.42 Å². The maximum Gasteiger partial charge on any atom is 0.227 e. The lowest BCUT2D eigenvalue weighted by atomic mass is 10.2. The van der Waals surface area contributed by atoms with Crippen molar-refractivity contribution in [2.75, 3.05) is 30.3 Å². The quantitative estimate of drug-likeness (QED) is 0.560. The van der Waals surface area contributed by atoms with Crippen molar-refractivity contribution < 1.29 is 13.9 Å². The fourth-order valence-electron chi connectivity index (χ4n) is 3.09. The summed E-state index contributed by atoms with van der Waals surface area (Å²) in [5, 5.41) is 16.0. The molecule has 2 aromatic heterocycles. The van der Waals surface area contributed by atoms with Crippen LogP contribution in [0.1, 0.15) is 39.7 Å². The average molecular weight is 396 g/mol. The van der Waals surface area contributed by atoms with Gasteiger partial charge in [-0.3, -0.25) is 4.21 Å². The van der Waals surface area contributed by atoms with E-state index in [-0.39, 0.29) is 24.7 Å². The van der Waals surface area contributed by atoms with E-state index in [2.05, 4.69) is 25.6 Å². The molecule has 0 aliphatic carbocycles. The first-order valence-electron chi connectivity index (χ1n) is 9.15. The first-order chi connectivity index (χ1) is 12.9. The van der Waals surface area contributed by atoms with Crippen molar-refractivity contribution in [2.24, 2.45) is 0 Å². The molecule has 27 heavy (non-hydrogen) atoms. The minimum Gasteiger partial charge on any atom is -0.760 e. The van der Waals surface area contributed by atoms with Gasteiger partial charge in [0.2, 0.25) is 5.95 Å². The molecule has 2 aromatic rings. The maximum atomic E-state index is 11.2. The second-order valence-electron chi connectivity index (χ2n) is 6.98. The molecular formula is C16H26N7O3S-. The maximum absolute atomic E-state index is 11.2. The molecule has 3 atom stereocenters. The lowest BCUT2D eigenvalue weighted by Gasteiger charge is -2.19. The monoisotopic (exact) mass is 396 g/mol. The number of fused-ring (bicyclic) bond motifs is 1. The highest BCUT2D eigenvalue weighted by atomic mass is 32.2. The zero-order chi connectivity index (χ0) is 19.6. The Bertz CT molecular complexity index is 809. The predicted octanol–water partition coefficient (Wildman–Crippen LogP) is 0.870. The number of nitrogens with one attached hydrogen (secondary N) is 2. The van der Waals surface area contributed by atoms with Crippen LogP contribution in [-0.2, 0) is 11.3 Å². The van der Waals surface area contributed by atoms with Gasteiger partial charge in [0.05, 0.1) is 19.0 Å². The Hall–Kier alpha value is -1.82. The van der Waals surface area contributed by atoms with Crippen molar-refractivity contribution in [3.05, 3.63) is 6.33 Å². The summed E-state index contributed by atoms with van der Waals surface area (Å²) in [6, 6.07) is -0.0105. The Kier molecular flexibility index (Phi) is 6.25. The van der Waals surface area contributed by atoms with Gasteiger partial charge < -0.3 is 24.9 Å². The van der Waals surface area contributed by atoms with E-state index in [1.165, 1.54) is 4.31 Å². The lowest BCUT2D eigenvalue weighted by Crippen LogP contribution is -2.28. The first-order valence-corrected chi connectivity index (χ1v) is 10.2. The lowest BCUT2D eigenvalue weighted by molar-refractivity contribution is 0.271. The predicted molar refractivity (Wildman–Crippen MR) is 103 cm³/mol. The van der Waals surface area contributed by atoms with Crippen molar-refractivity contribution in [1.29, 1.82) is 0 Å². The zero-order valence-electron chi connectivity index (χ0n) is 15.8. The Morgan fingerprint density at radius 2 is 2.22 bits per heavy atom. The summed E-state index contributed by atoms with van der Waals surface area (Å²) in [5.41, 5.74) is 1.34. The molecule has 3 rings (SSSR count). The molecule has 0 spiro atoms. The summed E-state index contributed by atoms with van der Waals surface area (Å²) >= 11 is -2.21. The van der Waals surface area contributed by atoms with Gasteiger partial charge in [0.1, 0.15) is 0 Å². The van der Waals surface area contributed by atoms with Gasteiger partial charge in [-0.05, 0) is 26.7 Å². The topological polar surface area (TPSA) is 131 Å². The second-order valence-corrected chi connectivity index (χ2v) is 7.93. The number of rotatable bonds is 8. The third kappa shape index (κ3) is 4.37. The van der Waals surface area contributed by atoms with Crippen molar-refractivity contribution >= 4 is 34.2 Å². The molecule has 3 heterocycles. The Labute approximate surface area is 160 Å². The fraction of sp³-hybridized carbons (Fsp3) is 0.688. The third-order valence-corrected chi connectivity index (χ3v) is 5.48. The summed E-state index contributed by atoms with van der Waals surface area (Å²) in [4.78, 5) is 13.6. The van der Waals surface area contributed by atoms with Gasteiger partial charge in [0, 0.05) is 36.4 Å². The SMILES string of the molecule is CCC(CO)Nc1nc(NC2CCN(S(=O)[O-])C2)c2ncn(C(C)C)c2n1. The number of hydrogen-bond donors (Lipinski definition) is 3. The first kappa shape index (κ1) is 19.9. The highest BCUT2D eigenvalue weighted by Gasteiger charge is 2.25. The normalized spacial score (nSPS) is 20.3. The standard InChI is InChI=1S/C16H27N7O3S/c1-4-11(8-24)19-16-20-14(18-12-5-6-22(7-12)27(25)26)13-15(21-16)23(9-17-13)10(2)3/h9-12,24H,4-8H2,1-3H3,(H,25,26)(H2,18,19,20,21)/p-1. The molecule has 1 aliphatic rings. The average Bonchev–Trinajstić information content (AvgIpc) is 3.26. The van der Waals surface area contributed by atoms with Gasteiger partial charge in [-0.1, -0.05) is 6.92 Å². The van der Waals surface area contributed by atoms with Gasteiger partial charge in [0.25, 0.3) is 0 Å². The molecule has 0 bridgehead atoms. The van der Waals surface area contributed by atoms with Crippen LogP contribution in [-0.4, -0.2) is 69.5 Å². The summed E-state index contributed by atoms with van der Waals surface area (Å²) in [6.45, 7) is 6.92. The Morgan fingerprint density at radius 1 is 1.44 bits per heavy atom. The molecule has 0 saturated carbocycles. The van der Waals surface area contributed by atoms with Gasteiger partial charge in [0.15, 0.2) is 17.0 Å². The van der Waals surface area contributed by atoms with Crippen LogP contribution in [0.5, 0.6) is 0 Å². The van der Waals surface area contributed by atoms with E-state index < -0.39 is 11.3 Å². The largest absolute Gasteiger partial charge is 0.760 e. The van der Waals surface area contributed by atoms with Crippen LogP contribution < -0.4 is 10.6 Å². The summed E-state index contributed by atoms with van der Waals surface area (Å²) in [7, 11) is 0. The van der Waals surface area contributed by atoms with Crippen LogP contribution in [0.2, 0.25) is 0 Å². The minimum absolute atomic E-state index is 0.0169. The molecule has 0 amide bonds.